The van der Waals surface area contributed by atoms with E-state index in [0.29, 0.717) is 0 Å². The van der Waals surface area contributed by atoms with Crippen LogP contribution >= 0.6 is 0 Å². The SMILES string of the molecule is O.O.O.[AlH][O][Al]([O][AlH2])[O][AlH2].[Mn]. The van der Waals surface area contributed by atoms with E-state index in [9.17, 15) is 0 Å². The summed E-state index contributed by atoms with van der Waals surface area (Å²) >= 11 is 1.37. The fourth-order valence-corrected chi connectivity index (χ4v) is 6.27. The maximum atomic E-state index is 4.92. The molecule has 0 saturated heterocycles. The van der Waals surface area contributed by atoms with E-state index in [4.69, 9.17) is 8.52 Å². The first kappa shape index (κ1) is 29.2. The first-order chi connectivity index (χ1) is 3.35. The Kier molecular flexibility index (Phi) is 60.6. The average molecular weight is 270 g/mol. The van der Waals surface area contributed by atoms with Gasteiger partial charge in [-0.15, -0.1) is 0 Å². The van der Waals surface area contributed by atoms with Crippen molar-refractivity contribution in [2.24, 2.45) is 0 Å². The molecule has 0 aromatic carbocycles. The Morgan fingerprint density at radius 3 is 1.27 bits per heavy atom. The third kappa shape index (κ3) is 19.0. The quantitative estimate of drug-likeness (QED) is 0.475. The molecular weight excluding hydrogens is 259 g/mol. The van der Waals surface area contributed by atoms with Crippen LogP contribution in [0.2, 0.25) is 0 Å². The van der Waals surface area contributed by atoms with E-state index in [1.54, 1.807) is 0 Å². The summed E-state index contributed by atoms with van der Waals surface area (Å²) in [5.74, 6) is 0. The molecule has 0 aliphatic heterocycles. The van der Waals surface area contributed by atoms with Gasteiger partial charge in [0.2, 0.25) is 0 Å². The van der Waals surface area contributed by atoms with Crippen molar-refractivity contribution in [2.75, 3.05) is 0 Å². The normalized spacial score (nSPS) is 5.45. The van der Waals surface area contributed by atoms with Crippen LogP contribution in [0.25, 0.3) is 0 Å². The summed E-state index contributed by atoms with van der Waals surface area (Å²) in [5.41, 5.74) is 0. The molecule has 0 unspecified atom stereocenters. The molecule has 11 heteroatoms. The maximum Gasteiger partial charge on any atom is 0.810 e. The molecule has 0 aliphatic carbocycles. The Morgan fingerprint density at radius 1 is 1.00 bits per heavy atom. The Bertz CT molecular complexity index is 36.1. The van der Waals surface area contributed by atoms with Gasteiger partial charge in [0, 0.05) is 17.1 Å². The molecule has 0 bridgehead atoms. The minimum Gasteiger partial charge on any atom is -0.601 e. The molecule has 2 radical (unpaired) electrons. The molecule has 0 rings (SSSR count). The van der Waals surface area contributed by atoms with Gasteiger partial charge < -0.3 is 24.9 Å². The van der Waals surface area contributed by atoms with Crippen molar-refractivity contribution in [1.29, 1.82) is 0 Å². The number of hydrogen-bond donors (Lipinski definition) is 0. The second-order valence-electron chi connectivity index (χ2n) is 0.927. The average Bonchev–Trinajstić information content (AvgIpc) is 1.72. The minimum absolute atomic E-state index is 0. The van der Waals surface area contributed by atoms with Gasteiger partial charge in [-0.05, 0) is 0 Å². The zero-order valence-corrected chi connectivity index (χ0v) is 14.1. The Balaban J connectivity index is -0.0000000300. The Hall–Kier alpha value is 2.41. The van der Waals surface area contributed by atoms with Gasteiger partial charge in [-0.25, -0.2) is 0 Å². The standard InChI is InChI=1S/4Al.Mn.3H2O.3O.5H/h;;;;;3*1H2;;;;;;;;. The minimum atomic E-state index is -1.54. The molecule has 66 valence electrons. The van der Waals surface area contributed by atoms with Crippen molar-refractivity contribution in [3.63, 3.8) is 0 Å². The van der Waals surface area contributed by atoms with Crippen LogP contribution in [0.4, 0.5) is 0 Å². The van der Waals surface area contributed by atoms with E-state index in [1.165, 1.54) is 16.6 Å². The maximum absolute atomic E-state index is 4.92. The van der Waals surface area contributed by atoms with Crippen molar-refractivity contribution in [3.05, 3.63) is 0 Å². The molecule has 0 amide bonds. The smallest absolute Gasteiger partial charge is 0.601 e. The van der Waals surface area contributed by atoms with E-state index in [1.807, 2.05) is 0 Å². The summed E-state index contributed by atoms with van der Waals surface area (Å²) in [4.78, 5) is 0. The first-order valence-corrected chi connectivity index (χ1v) is 5.44. The van der Waals surface area contributed by atoms with Gasteiger partial charge in [0.15, 0.2) is 0 Å². The summed E-state index contributed by atoms with van der Waals surface area (Å²) in [5, 5.41) is 0. The van der Waals surface area contributed by atoms with Crippen LogP contribution in [0.1, 0.15) is 0 Å². The Labute approximate surface area is 106 Å². The van der Waals surface area contributed by atoms with E-state index >= 15 is 0 Å². The van der Waals surface area contributed by atoms with Crippen LogP contribution < -0.4 is 0 Å². The molecule has 0 atom stereocenters. The van der Waals surface area contributed by atoms with Gasteiger partial charge in [0.1, 0.15) is 0 Å². The topological polar surface area (TPSA) is 122 Å². The molecule has 0 spiro atoms. The van der Waals surface area contributed by atoms with Crippen LogP contribution in [0.5, 0.6) is 0 Å². The van der Waals surface area contributed by atoms with Gasteiger partial charge in [-0.3, -0.25) is 0 Å². The molecule has 0 saturated carbocycles. The molecule has 0 aliphatic rings. The molecule has 11 heavy (non-hydrogen) atoms. The predicted octanol–water partition coefficient (Wildman–Crippen LogP) is -5.54. The van der Waals surface area contributed by atoms with Crippen LogP contribution in [0, 0.1) is 0 Å². The van der Waals surface area contributed by atoms with Gasteiger partial charge in [-0.2, -0.15) is 0 Å². The molecule has 6 N–H and O–H groups in total. The van der Waals surface area contributed by atoms with E-state index < -0.39 is 15.1 Å². The second kappa shape index (κ2) is 22.8. The predicted molar refractivity (Wildman–Crippen MR) is 44.1 cm³/mol. The van der Waals surface area contributed by atoms with E-state index in [2.05, 4.69) is 0 Å². The Morgan fingerprint density at radius 2 is 1.27 bits per heavy atom. The van der Waals surface area contributed by atoms with Crippen molar-refractivity contribution in [1.82, 2.24) is 0 Å². The zero-order chi connectivity index (χ0) is 5.70. The molecule has 0 aromatic heterocycles. The van der Waals surface area contributed by atoms with Gasteiger partial charge in [-0.1, -0.05) is 0 Å². The van der Waals surface area contributed by atoms with Crippen molar-refractivity contribution >= 4 is 65.0 Å². The van der Waals surface area contributed by atoms with Gasteiger partial charge in [0.25, 0.3) is 0 Å². The van der Waals surface area contributed by atoms with E-state index in [-0.39, 0.29) is 33.5 Å². The van der Waals surface area contributed by atoms with Crippen molar-refractivity contribution in [2.45, 2.75) is 0 Å². The van der Waals surface area contributed by atoms with Crippen LogP contribution in [-0.4, -0.2) is 81.4 Å². The first-order valence-electron chi connectivity index (χ1n) is 1.81. The van der Waals surface area contributed by atoms with Crippen LogP contribution in [-0.2, 0) is 25.6 Å². The van der Waals surface area contributed by atoms with Crippen molar-refractivity contribution < 1.29 is 42.0 Å². The monoisotopic (exact) mass is 270 g/mol. The van der Waals surface area contributed by atoms with Crippen LogP contribution in [0.15, 0.2) is 0 Å². The fourth-order valence-electron chi connectivity index (χ4n) is 0.232. The zero-order valence-electron chi connectivity index (χ0n) is 6.39. The number of hydrogen-bond acceptors (Lipinski definition) is 3. The number of rotatable bonds is 3. The second-order valence-corrected chi connectivity index (χ2v) is 6.61. The third-order valence-electron chi connectivity index (χ3n) is 0.521. The molecule has 0 aromatic rings. The summed E-state index contributed by atoms with van der Waals surface area (Å²) < 4.78 is 14.7. The largest absolute Gasteiger partial charge is 0.810 e. The third-order valence-corrected chi connectivity index (χ3v) is 4.69. The summed E-state index contributed by atoms with van der Waals surface area (Å²) in [6, 6.07) is 0. The fraction of sp³-hybridized carbons (Fsp3) is 0. The molecule has 0 fully saturated rings. The summed E-state index contributed by atoms with van der Waals surface area (Å²) in [6.07, 6.45) is 0. The summed E-state index contributed by atoms with van der Waals surface area (Å²) in [7, 11) is 0. The molecular formula is H11Al4MnO6. The summed E-state index contributed by atoms with van der Waals surface area (Å²) in [6.45, 7) is 0. The van der Waals surface area contributed by atoms with E-state index in [0.717, 1.165) is 33.2 Å². The van der Waals surface area contributed by atoms with Crippen LogP contribution in [0.3, 0.4) is 0 Å². The van der Waals surface area contributed by atoms with Gasteiger partial charge in [0.05, 0.1) is 0 Å². The van der Waals surface area contributed by atoms with Gasteiger partial charge >= 0.3 is 65.0 Å². The molecule has 6 nitrogen and oxygen atoms in total. The van der Waals surface area contributed by atoms with Crippen molar-refractivity contribution in [3.8, 4) is 0 Å². The molecule has 0 heterocycles.